The molecule has 13 nitrogen and oxygen atoms in total. The summed E-state index contributed by atoms with van der Waals surface area (Å²) in [5, 5.41) is 40.1. The highest BCUT2D eigenvalue weighted by atomic mass is 16.6. The lowest BCUT2D eigenvalue weighted by Gasteiger charge is -2.13. The summed E-state index contributed by atoms with van der Waals surface area (Å²) < 4.78 is 5.99. The van der Waals surface area contributed by atoms with E-state index in [0.717, 1.165) is 4.57 Å². The molecular formula is C10H12N6O7. The maximum atomic E-state index is 11.8. The summed E-state index contributed by atoms with van der Waals surface area (Å²) in [4.78, 5) is 31.6. The van der Waals surface area contributed by atoms with Crippen LogP contribution in [0, 0.1) is 10.1 Å². The molecule has 1 aliphatic rings. The number of hydrogen-bond acceptors (Lipinski definition) is 10. The van der Waals surface area contributed by atoms with Gasteiger partial charge in [0.05, 0.1) is 6.61 Å². The van der Waals surface area contributed by atoms with Gasteiger partial charge in [-0.05, 0) is 4.92 Å². The van der Waals surface area contributed by atoms with Gasteiger partial charge in [-0.15, -0.1) is 0 Å². The van der Waals surface area contributed by atoms with Crippen molar-refractivity contribution in [2.75, 3.05) is 12.3 Å². The summed E-state index contributed by atoms with van der Waals surface area (Å²) in [5.74, 6) is -1.14. The predicted molar refractivity (Wildman–Crippen MR) is 72.2 cm³/mol. The van der Waals surface area contributed by atoms with Gasteiger partial charge in [-0.3, -0.25) is 9.78 Å². The standard InChI is InChI=1S/C10H12N6O7/c11-9-13-6-3(7(20)14-9)12-10(16(21)22)15(6)8-5(19)4(18)2(1-17)23-8/h2,4-5,8,17-19H,1H2,(H3,11,13,14,20)/t2-,4?,5+,8-/m1/s1. The van der Waals surface area contributed by atoms with Crippen molar-refractivity contribution in [2.45, 2.75) is 24.5 Å². The van der Waals surface area contributed by atoms with Crippen molar-refractivity contribution in [3.8, 4) is 0 Å². The minimum absolute atomic E-state index is 0.284. The van der Waals surface area contributed by atoms with Gasteiger partial charge in [0.25, 0.3) is 11.1 Å². The molecule has 3 rings (SSSR count). The molecule has 0 aliphatic carbocycles. The smallest absolute Gasteiger partial charge is 0.394 e. The molecule has 0 spiro atoms. The normalized spacial score (nSPS) is 27.6. The van der Waals surface area contributed by atoms with Crippen molar-refractivity contribution in [2.24, 2.45) is 0 Å². The number of nitrogens with two attached hydrogens (primary N) is 1. The second-order valence-corrected chi connectivity index (χ2v) is 4.89. The van der Waals surface area contributed by atoms with E-state index in [4.69, 9.17) is 15.6 Å². The summed E-state index contributed by atoms with van der Waals surface area (Å²) in [6.45, 7) is -0.620. The lowest BCUT2D eigenvalue weighted by molar-refractivity contribution is -0.398. The fourth-order valence-corrected chi connectivity index (χ4v) is 2.45. The fourth-order valence-electron chi connectivity index (χ4n) is 2.45. The zero-order valence-electron chi connectivity index (χ0n) is 11.4. The Hall–Kier alpha value is -2.61. The molecule has 4 atom stereocenters. The van der Waals surface area contributed by atoms with Crippen LogP contribution in [0.5, 0.6) is 0 Å². The van der Waals surface area contributed by atoms with Crippen LogP contribution in [-0.4, -0.2) is 64.7 Å². The van der Waals surface area contributed by atoms with Crippen LogP contribution in [0.15, 0.2) is 4.79 Å². The van der Waals surface area contributed by atoms with E-state index in [2.05, 4.69) is 15.0 Å². The number of hydrogen-bond donors (Lipinski definition) is 5. The van der Waals surface area contributed by atoms with E-state index in [0.29, 0.717) is 0 Å². The molecule has 1 saturated heterocycles. The maximum Gasteiger partial charge on any atom is 0.439 e. The van der Waals surface area contributed by atoms with Gasteiger partial charge in [0, 0.05) is 0 Å². The second-order valence-electron chi connectivity index (χ2n) is 4.89. The summed E-state index contributed by atoms with van der Waals surface area (Å²) in [5.41, 5.74) is 3.96. The number of aliphatic hydroxyl groups is 3. The molecule has 1 unspecified atom stereocenters. The van der Waals surface area contributed by atoms with Gasteiger partial charge in [-0.25, -0.2) is 0 Å². The molecule has 6 N–H and O–H groups in total. The van der Waals surface area contributed by atoms with E-state index in [1.165, 1.54) is 0 Å². The molecule has 0 radical (unpaired) electrons. The molecule has 1 fully saturated rings. The number of H-pyrrole nitrogens is 1. The monoisotopic (exact) mass is 328 g/mol. The molecular weight excluding hydrogens is 316 g/mol. The largest absolute Gasteiger partial charge is 0.439 e. The second kappa shape index (κ2) is 5.24. The average Bonchev–Trinajstić information content (AvgIpc) is 2.99. The van der Waals surface area contributed by atoms with E-state index in [1.54, 1.807) is 0 Å². The Morgan fingerprint density at radius 3 is 2.65 bits per heavy atom. The first-order valence-corrected chi connectivity index (χ1v) is 6.39. The molecule has 3 heterocycles. The zero-order chi connectivity index (χ0) is 16.9. The summed E-state index contributed by atoms with van der Waals surface area (Å²) >= 11 is 0. The number of fused-ring (bicyclic) bond motifs is 1. The third kappa shape index (κ3) is 2.22. The Kier molecular flexibility index (Phi) is 3.48. The van der Waals surface area contributed by atoms with Gasteiger partial charge in [-0.1, -0.05) is 4.98 Å². The highest BCUT2D eigenvalue weighted by Crippen LogP contribution is 2.34. The van der Waals surface area contributed by atoms with Crippen molar-refractivity contribution in [3.05, 3.63) is 20.5 Å². The van der Waals surface area contributed by atoms with E-state index >= 15 is 0 Å². The first-order valence-electron chi connectivity index (χ1n) is 6.39. The highest BCUT2D eigenvalue weighted by Gasteiger charge is 2.48. The van der Waals surface area contributed by atoms with Crippen LogP contribution in [-0.2, 0) is 4.74 Å². The van der Waals surface area contributed by atoms with Gasteiger partial charge < -0.3 is 35.9 Å². The average molecular weight is 328 g/mol. The summed E-state index contributed by atoms with van der Waals surface area (Å²) in [6, 6.07) is 0. The highest BCUT2D eigenvalue weighted by molar-refractivity contribution is 5.73. The van der Waals surface area contributed by atoms with Crippen LogP contribution in [0.4, 0.5) is 11.9 Å². The van der Waals surface area contributed by atoms with E-state index in [1.807, 2.05) is 0 Å². The third-order valence-electron chi connectivity index (χ3n) is 3.49. The minimum Gasteiger partial charge on any atom is -0.394 e. The van der Waals surface area contributed by atoms with Crippen LogP contribution < -0.4 is 11.3 Å². The van der Waals surface area contributed by atoms with Crippen LogP contribution in [0.2, 0.25) is 0 Å². The number of nitrogens with zero attached hydrogens (tertiary/aromatic N) is 4. The van der Waals surface area contributed by atoms with E-state index in [9.17, 15) is 25.1 Å². The first-order chi connectivity index (χ1) is 10.8. The topological polar surface area (TPSA) is 203 Å². The number of nitrogen functional groups attached to an aromatic ring is 1. The fraction of sp³-hybridized carbons (Fsp3) is 0.500. The van der Waals surface area contributed by atoms with E-state index in [-0.39, 0.29) is 17.1 Å². The summed E-state index contributed by atoms with van der Waals surface area (Å²) in [6.07, 6.45) is -5.72. The number of aromatic amines is 1. The Bertz CT molecular complexity index is 831. The number of anilines is 1. The molecule has 0 bridgehead atoms. The molecule has 2 aromatic heterocycles. The van der Waals surface area contributed by atoms with Crippen molar-refractivity contribution in [1.82, 2.24) is 19.5 Å². The molecule has 13 heteroatoms. The number of aliphatic hydroxyl groups excluding tert-OH is 3. The number of nitro groups is 1. The Balaban J connectivity index is 2.25. The lowest BCUT2D eigenvalue weighted by atomic mass is 10.1. The van der Waals surface area contributed by atoms with Gasteiger partial charge in [0.2, 0.25) is 17.8 Å². The number of nitrogens with one attached hydrogen (secondary N) is 1. The minimum atomic E-state index is -1.61. The van der Waals surface area contributed by atoms with Gasteiger partial charge in [0.1, 0.15) is 18.3 Å². The predicted octanol–water partition coefficient (Wildman–Crippen LogP) is -2.78. The Morgan fingerprint density at radius 1 is 1.39 bits per heavy atom. The molecule has 124 valence electrons. The van der Waals surface area contributed by atoms with Crippen LogP contribution in [0.3, 0.4) is 0 Å². The van der Waals surface area contributed by atoms with Crippen molar-refractivity contribution < 1.29 is 25.0 Å². The van der Waals surface area contributed by atoms with E-state index < -0.39 is 47.6 Å². The summed E-state index contributed by atoms with van der Waals surface area (Å²) in [7, 11) is 0. The van der Waals surface area contributed by atoms with Gasteiger partial charge in [0.15, 0.2) is 0 Å². The SMILES string of the molecule is Nc1nc2c(nc([N+](=O)[O-])n2[C@@H]2O[C@H](CO)C(O)[C@@H]2O)c(=O)[nH]1. The number of aromatic nitrogens is 4. The van der Waals surface area contributed by atoms with Crippen molar-refractivity contribution >= 4 is 23.1 Å². The molecule has 23 heavy (non-hydrogen) atoms. The molecule has 1 aliphatic heterocycles. The third-order valence-corrected chi connectivity index (χ3v) is 3.49. The molecule has 0 amide bonds. The van der Waals surface area contributed by atoms with Crippen LogP contribution in [0.25, 0.3) is 11.2 Å². The first kappa shape index (κ1) is 15.3. The lowest BCUT2D eigenvalue weighted by Crippen LogP contribution is -2.33. The molecule has 2 aromatic rings. The van der Waals surface area contributed by atoms with Crippen molar-refractivity contribution in [3.63, 3.8) is 0 Å². The number of imidazole rings is 1. The molecule has 0 aromatic carbocycles. The molecule has 0 saturated carbocycles. The number of rotatable bonds is 3. The van der Waals surface area contributed by atoms with Gasteiger partial charge >= 0.3 is 5.95 Å². The van der Waals surface area contributed by atoms with Crippen LogP contribution in [0.1, 0.15) is 6.23 Å². The zero-order valence-corrected chi connectivity index (χ0v) is 11.4. The number of ether oxygens (including phenoxy) is 1. The van der Waals surface area contributed by atoms with Crippen molar-refractivity contribution in [1.29, 1.82) is 0 Å². The van der Waals surface area contributed by atoms with Gasteiger partial charge in [-0.2, -0.15) is 9.55 Å². The Morgan fingerprint density at radius 2 is 2.09 bits per heavy atom. The maximum absolute atomic E-state index is 11.8. The van der Waals surface area contributed by atoms with Crippen LogP contribution >= 0.6 is 0 Å². The quantitative estimate of drug-likeness (QED) is 0.289. The Labute approximate surface area is 126 Å².